The summed E-state index contributed by atoms with van der Waals surface area (Å²) in [6.07, 6.45) is 0. The molecule has 0 fully saturated rings. The molecule has 3 nitrogen and oxygen atoms in total. The standard InChI is InChI=1S/C29H21NO2/c31-29(25-19-11-4-12-20-25)32-30-27(23-15-7-2-8-16-23)21-26(22-13-5-1-6-14-22)28(30)24-17-9-3-10-18-24/h1-21H. The average molecular weight is 415 g/mol. The summed E-state index contributed by atoms with van der Waals surface area (Å²) in [6.45, 7) is 0. The van der Waals surface area contributed by atoms with E-state index >= 15 is 0 Å². The lowest BCUT2D eigenvalue weighted by Crippen LogP contribution is -2.21. The van der Waals surface area contributed by atoms with E-state index in [-0.39, 0.29) is 0 Å². The molecule has 4 aromatic carbocycles. The normalized spacial score (nSPS) is 10.6. The van der Waals surface area contributed by atoms with E-state index in [2.05, 4.69) is 18.2 Å². The molecule has 0 saturated heterocycles. The molecule has 0 unspecified atom stereocenters. The van der Waals surface area contributed by atoms with E-state index in [0.717, 1.165) is 33.6 Å². The van der Waals surface area contributed by atoms with Gasteiger partial charge in [-0.25, -0.2) is 4.79 Å². The first-order valence-corrected chi connectivity index (χ1v) is 10.5. The lowest BCUT2D eigenvalue weighted by molar-refractivity contribution is 0.0478. The Bertz CT molecular complexity index is 1330. The molecule has 0 aliphatic rings. The number of benzene rings is 4. The van der Waals surface area contributed by atoms with Crippen molar-refractivity contribution in [3.8, 4) is 33.6 Å². The molecule has 5 aromatic rings. The molecule has 0 spiro atoms. The highest BCUT2D eigenvalue weighted by molar-refractivity contribution is 5.91. The van der Waals surface area contributed by atoms with Crippen LogP contribution in [0.3, 0.4) is 0 Å². The fraction of sp³-hybridized carbons (Fsp3) is 0. The molecule has 0 radical (unpaired) electrons. The second-order valence-electron chi connectivity index (χ2n) is 7.43. The van der Waals surface area contributed by atoms with E-state index in [1.165, 1.54) is 0 Å². The summed E-state index contributed by atoms with van der Waals surface area (Å²) in [7, 11) is 0. The van der Waals surface area contributed by atoms with Crippen LogP contribution < -0.4 is 4.84 Å². The van der Waals surface area contributed by atoms with Crippen molar-refractivity contribution in [1.29, 1.82) is 0 Å². The van der Waals surface area contributed by atoms with E-state index in [1.807, 2.05) is 97.1 Å². The van der Waals surface area contributed by atoms with Gasteiger partial charge in [0.1, 0.15) is 0 Å². The average Bonchev–Trinajstić information content (AvgIpc) is 3.25. The van der Waals surface area contributed by atoms with Gasteiger partial charge in [-0.05, 0) is 23.8 Å². The molecule has 32 heavy (non-hydrogen) atoms. The number of hydrogen-bond acceptors (Lipinski definition) is 2. The van der Waals surface area contributed by atoms with Crippen molar-refractivity contribution in [2.75, 3.05) is 0 Å². The number of carbonyl (C=O) groups is 1. The molecule has 5 rings (SSSR count). The van der Waals surface area contributed by atoms with Crippen LogP contribution >= 0.6 is 0 Å². The maximum Gasteiger partial charge on any atom is 0.363 e. The van der Waals surface area contributed by atoms with Gasteiger partial charge in [0.25, 0.3) is 0 Å². The van der Waals surface area contributed by atoms with Crippen molar-refractivity contribution in [3.63, 3.8) is 0 Å². The van der Waals surface area contributed by atoms with Gasteiger partial charge in [0.2, 0.25) is 0 Å². The molecule has 0 aliphatic carbocycles. The van der Waals surface area contributed by atoms with Crippen molar-refractivity contribution >= 4 is 5.97 Å². The Hall–Kier alpha value is -4.37. The zero-order chi connectivity index (χ0) is 21.8. The van der Waals surface area contributed by atoms with E-state index < -0.39 is 5.97 Å². The summed E-state index contributed by atoms with van der Waals surface area (Å²) in [5.74, 6) is -0.407. The van der Waals surface area contributed by atoms with Gasteiger partial charge in [-0.1, -0.05) is 109 Å². The summed E-state index contributed by atoms with van der Waals surface area (Å²) in [6, 6.07) is 41.3. The van der Waals surface area contributed by atoms with Gasteiger partial charge < -0.3 is 4.84 Å². The zero-order valence-electron chi connectivity index (χ0n) is 17.4. The molecule has 0 amide bonds. The molecule has 1 aromatic heterocycles. The van der Waals surface area contributed by atoms with Crippen LogP contribution in [-0.2, 0) is 0 Å². The summed E-state index contributed by atoms with van der Waals surface area (Å²) >= 11 is 0. The number of rotatable bonds is 5. The largest absolute Gasteiger partial charge is 0.363 e. The molecule has 0 saturated carbocycles. The molecule has 0 aliphatic heterocycles. The number of carbonyl (C=O) groups excluding carboxylic acids is 1. The van der Waals surface area contributed by atoms with E-state index in [1.54, 1.807) is 16.9 Å². The summed E-state index contributed by atoms with van der Waals surface area (Å²) in [5, 5.41) is 0. The lowest BCUT2D eigenvalue weighted by Gasteiger charge is -2.14. The van der Waals surface area contributed by atoms with Crippen molar-refractivity contribution < 1.29 is 9.63 Å². The highest BCUT2D eigenvalue weighted by atomic mass is 16.7. The monoisotopic (exact) mass is 415 g/mol. The van der Waals surface area contributed by atoms with Crippen LogP contribution in [0.15, 0.2) is 127 Å². The Labute approximate surface area is 187 Å². The summed E-state index contributed by atoms with van der Waals surface area (Å²) in [5.41, 5.74) is 6.13. The quantitative estimate of drug-likeness (QED) is 0.318. The molecule has 1 heterocycles. The predicted octanol–water partition coefficient (Wildman–Crippen LogP) is 6.76. The van der Waals surface area contributed by atoms with Crippen LogP contribution in [0.5, 0.6) is 0 Å². The zero-order valence-corrected chi connectivity index (χ0v) is 17.4. The minimum absolute atomic E-state index is 0.407. The minimum atomic E-state index is -0.407. The molecule has 3 heteroatoms. The topological polar surface area (TPSA) is 31.2 Å². The fourth-order valence-electron chi connectivity index (χ4n) is 3.81. The smallest absolute Gasteiger partial charge is 0.330 e. The predicted molar refractivity (Wildman–Crippen MR) is 128 cm³/mol. The Morgan fingerprint density at radius 1 is 0.562 bits per heavy atom. The van der Waals surface area contributed by atoms with Crippen molar-refractivity contribution in [2.45, 2.75) is 0 Å². The van der Waals surface area contributed by atoms with E-state index in [4.69, 9.17) is 4.84 Å². The number of nitrogens with zero attached hydrogens (tertiary/aromatic N) is 1. The third kappa shape index (κ3) is 3.84. The van der Waals surface area contributed by atoms with Crippen molar-refractivity contribution in [3.05, 3.63) is 133 Å². The van der Waals surface area contributed by atoms with Crippen molar-refractivity contribution in [2.24, 2.45) is 0 Å². The van der Waals surface area contributed by atoms with Crippen LogP contribution in [0, 0.1) is 0 Å². The first-order chi connectivity index (χ1) is 15.8. The van der Waals surface area contributed by atoms with Gasteiger partial charge in [0.05, 0.1) is 17.0 Å². The molecule has 0 bridgehead atoms. The third-order valence-corrected chi connectivity index (χ3v) is 5.34. The Morgan fingerprint density at radius 3 is 1.59 bits per heavy atom. The Balaban J connectivity index is 1.75. The molecular formula is C29H21NO2. The van der Waals surface area contributed by atoms with Gasteiger partial charge in [-0.2, -0.15) is 4.73 Å². The van der Waals surface area contributed by atoms with E-state index in [9.17, 15) is 4.79 Å². The second kappa shape index (κ2) is 8.78. The second-order valence-corrected chi connectivity index (χ2v) is 7.43. The van der Waals surface area contributed by atoms with Crippen LogP contribution in [-0.4, -0.2) is 10.7 Å². The van der Waals surface area contributed by atoms with Gasteiger partial charge in [-0.15, -0.1) is 0 Å². The SMILES string of the molecule is O=C(On1c(-c2ccccc2)cc(-c2ccccc2)c1-c1ccccc1)c1ccccc1. The van der Waals surface area contributed by atoms with Gasteiger partial charge >= 0.3 is 5.97 Å². The first-order valence-electron chi connectivity index (χ1n) is 10.5. The number of hydrogen-bond donors (Lipinski definition) is 0. The van der Waals surface area contributed by atoms with Crippen LogP contribution in [0.25, 0.3) is 33.6 Å². The highest BCUT2D eigenvalue weighted by Crippen LogP contribution is 2.38. The summed E-state index contributed by atoms with van der Waals surface area (Å²) < 4.78 is 1.67. The maximum absolute atomic E-state index is 13.1. The van der Waals surface area contributed by atoms with Gasteiger partial charge in [0, 0.05) is 16.7 Å². The van der Waals surface area contributed by atoms with Gasteiger partial charge in [0.15, 0.2) is 0 Å². The molecule has 0 atom stereocenters. The molecule has 0 N–H and O–H groups in total. The number of aromatic nitrogens is 1. The molecular weight excluding hydrogens is 394 g/mol. The lowest BCUT2D eigenvalue weighted by atomic mass is 10.0. The summed E-state index contributed by atoms with van der Waals surface area (Å²) in [4.78, 5) is 19.1. The van der Waals surface area contributed by atoms with Gasteiger partial charge in [-0.3, -0.25) is 0 Å². The Kier molecular flexibility index (Phi) is 5.38. The fourth-order valence-corrected chi connectivity index (χ4v) is 3.81. The highest BCUT2D eigenvalue weighted by Gasteiger charge is 2.22. The molecule has 154 valence electrons. The minimum Gasteiger partial charge on any atom is -0.330 e. The van der Waals surface area contributed by atoms with E-state index in [0.29, 0.717) is 5.56 Å². The van der Waals surface area contributed by atoms with Crippen LogP contribution in [0.2, 0.25) is 0 Å². The Morgan fingerprint density at radius 2 is 1.03 bits per heavy atom. The van der Waals surface area contributed by atoms with Crippen LogP contribution in [0.4, 0.5) is 0 Å². The van der Waals surface area contributed by atoms with Crippen LogP contribution in [0.1, 0.15) is 10.4 Å². The maximum atomic E-state index is 13.1. The van der Waals surface area contributed by atoms with Crippen molar-refractivity contribution in [1.82, 2.24) is 4.73 Å². The third-order valence-electron chi connectivity index (χ3n) is 5.34. The first kappa shape index (κ1) is 19.6.